The molecule has 0 aromatic carbocycles. The van der Waals surface area contributed by atoms with Crippen LogP contribution in [0, 0.1) is 0 Å². The van der Waals surface area contributed by atoms with Crippen LogP contribution in [0.15, 0.2) is 0 Å². The summed E-state index contributed by atoms with van der Waals surface area (Å²) in [6, 6.07) is -4.52. The third-order valence-corrected chi connectivity index (χ3v) is 34.8. The number of carbonyl (C=O) groups excluding carboxylic acids is 1. The first-order chi connectivity index (χ1) is 72.4. The molecule has 0 amide bonds. The van der Waals surface area contributed by atoms with Gasteiger partial charge in [0.05, 0.1) is 70.6 Å². The number of rotatable bonds is 113. The Morgan fingerprint density at radius 2 is 0.460 bits per heavy atom. The van der Waals surface area contributed by atoms with Gasteiger partial charge >= 0.3 is 11.8 Å². The molecule has 3 fully saturated rings. The molecule has 0 saturated carbocycles. The maximum Gasteiger partial charge on any atom is 0.364 e. The Balaban J connectivity index is 0.0000562. The number of esters is 1. The maximum atomic E-state index is 16.7. The van der Waals surface area contributed by atoms with Gasteiger partial charge in [0, 0.05) is 0 Å². The molecule has 22 heteroatoms. The average Bonchev–Trinajstić information content (AvgIpc) is 0.695. The Bertz CT molecular complexity index is 2640. The highest BCUT2D eigenvalue weighted by Gasteiger charge is 2.76. The molecular weight excluding hydrogens is 1920 g/mol. The fourth-order valence-corrected chi connectivity index (χ4v) is 24.8. The van der Waals surface area contributed by atoms with Gasteiger partial charge in [0.15, 0.2) is 25.4 Å². The smallest absolute Gasteiger partial charge is 0.364 e. The molecule has 150 heavy (non-hydrogen) atoms. The minimum absolute atomic E-state index is 0. The molecule has 3 rings (SSSR count). The number of nitrogens with zero attached hydrogens (tertiary/aromatic N) is 2. The molecule has 14 N–H and O–H groups in total. The standard InChI is InChI=1S/C128H257N5O15.2ClH/c1-7-13-19-25-31-37-43-49-55-61-67-73-79-85-91-97-103-132(104-98-92-86-80-74-68-62-56-50-44-38-32-26-20-14-8-2,105-99-93-87-81-75-69-63-57-51-45-39-33-27-21-15-9-3)109-115(137)147-128(142)123(140)118(131)126(146-122-114(111-135)144-125(117(130)120(122)139)145-121-113(110-134)143-124(141)116(129)119(121)138)148-127(128,112-136)133(106-100-94-88-82-76-70-64-58-52-46-40-34-28-22-16-10-4,107-101-95-89-83-77-71-65-59-53-47-41-35-29-23-17-11-5)108-102-96-90-84-78-72-66-60-54-48-42-36-30-24-18-12-6;;/h113-114,116-126,134-136,138-142H,7-112,129-131H2,1-6H3;2*1H/q+2;;/p-2/t113-,114-,116-,117-,118-,119-,120-,121?,122?,123-,124-,125+,126+,127-,128+;;/m1../s1. The van der Waals surface area contributed by atoms with Crippen molar-refractivity contribution in [1.82, 2.24) is 0 Å². The summed E-state index contributed by atoms with van der Waals surface area (Å²) in [5.74, 6) is -3.65. The summed E-state index contributed by atoms with van der Waals surface area (Å²) < 4.78 is 40.6. The van der Waals surface area contributed by atoms with Gasteiger partial charge in [0.1, 0.15) is 49.3 Å². The van der Waals surface area contributed by atoms with Crippen LogP contribution >= 0.6 is 0 Å². The third kappa shape index (κ3) is 68.0. The van der Waals surface area contributed by atoms with E-state index in [0.717, 1.165) is 154 Å². The fourth-order valence-electron chi connectivity index (χ4n) is 24.8. The van der Waals surface area contributed by atoms with Crippen LogP contribution in [0.4, 0.5) is 0 Å². The van der Waals surface area contributed by atoms with Crippen LogP contribution in [0.1, 0.15) is 658 Å². The average molecular weight is 2180 g/mol. The molecule has 3 aliphatic rings. The van der Waals surface area contributed by atoms with E-state index in [-0.39, 0.29) is 35.8 Å². The molecule has 20 nitrogen and oxygen atoms in total. The molecule has 898 valence electrons. The first kappa shape index (κ1) is 147. The van der Waals surface area contributed by atoms with Gasteiger partial charge in [-0.25, -0.2) is 4.79 Å². The van der Waals surface area contributed by atoms with Gasteiger partial charge in [-0.05, 0) is 77.0 Å². The number of ether oxygens (including phenoxy) is 6. The van der Waals surface area contributed by atoms with Crippen molar-refractivity contribution in [2.75, 3.05) is 65.6 Å². The zero-order chi connectivity index (χ0) is 107. The lowest BCUT2D eigenvalue weighted by Gasteiger charge is -2.61. The number of hydrogen-bond acceptors (Lipinski definition) is 18. The third-order valence-electron chi connectivity index (χ3n) is 34.8. The molecule has 3 aliphatic heterocycles. The molecule has 3 heterocycles. The fraction of sp³-hybridized carbons (Fsp3) is 0.992. The van der Waals surface area contributed by atoms with E-state index in [1.165, 1.54) is 462 Å². The molecule has 0 aromatic rings. The largest absolute Gasteiger partial charge is 1.00 e. The molecule has 3 saturated heterocycles. The van der Waals surface area contributed by atoms with E-state index in [9.17, 15) is 40.9 Å². The normalized spacial score (nSPS) is 22.2. The number of aliphatic hydroxyl groups is 8. The van der Waals surface area contributed by atoms with Crippen molar-refractivity contribution in [1.29, 1.82) is 0 Å². The molecule has 0 radical (unpaired) electrons. The predicted octanol–water partition coefficient (Wildman–Crippen LogP) is 25.7. The molecule has 15 atom stereocenters. The molecule has 0 spiro atoms. The lowest BCUT2D eigenvalue weighted by molar-refractivity contribution is -1.02. The number of halogens is 2. The molecular formula is C128H257Cl2N5O15. The molecule has 2 unspecified atom stereocenters. The minimum Gasteiger partial charge on any atom is -1.00 e. The van der Waals surface area contributed by atoms with Gasteiger partial charge in [-0.2, -0.15) is 0 Å². The van der Waals surface area contributed by atoms with E-state index in [0.29, 0.717) is 43.4 Å². The number of quaternary nitrogens is 2. The lowest BCUT2D eigenvalue weighted by Crippen LogP contribution is -3.00. The number of nitrogens with two attached hydrogens (primary N) is 3. The number of aliphatic hydroxyl groups excluding tert-OH is 7. The second-order valence-electron chi connectivity index (χ2n) is 48.2. The van der Waals surface area contributed by atoms with Crippen LogP contribution in [0.25, 0.3) is 0 Å². The first-order valence-electron chi connectivity index (χ1n) is 66.2. The predicted molar refractivity (Wildman–Crippen MR) is 623 cm³/mol. The summed E-state index contributed by atoms with van der Waals surface area (Å²) in [7, 11) is 0. The van der Waals surface area contributed by atoms with Crippen LogP contribution in [-0.2, 0) is 33.2 Å². The van der Waals surface area contributed by atoms with Gasteiger partial charge in [0.25, 0.3) is 5.72 Å². The molecule has 0 aliphatic carbocycles. The Labute approximate surface area is 940 Å². The second-order valence-corrected chi connectivity index (χ2v) is 48.2. The van der Waals surface area contributed by atoms with Crippen LogP contribution in [0.5, 0.6) is 0 Å². The topological polar surface area (TPSA) is 312 Å². The number of carbonyl (C=O) groups is 1. The second kappa shape index (κ2) is 102. The highest BCUT2D eigenvalue weighted by Crippen LogP contribution is 2.49. The van der Waals surface area contributed by atoms with Crippen molar-refractivity contribution >= 4 is 5.97 Å². The number of hydrogen-bond donors (Lipinski definition) is 11. The highest BCUT2D eigenvalue weighted by atomic mass is 35.5. The zero-order valence-corrected chi connectivity index (χ0v) is 101. The molecule has 0 aromatic heterocycles. The van der Waals surface area contributed by atoms with Crippen molar-refractivity contribution in [2.24, 2.45) is 17.2 Å². The quantitative estimate of drug-likeness (QED) is 0.0117. The minimum atomic E-state index is -2.99. The van der Waals surface area contributed by atoms with Gasteiger partial charge in [0.2, 0.25) is 0 Å². The lowest BCUT2D eigenvalue weighted by atomic mass is 9.83. The molecule has 0 bridgehead atoms. The van der Waals surface area contributed by atoms with E-state index in [1.54, 1.807) is 0 Å². The summed E-state index contributed by atoms with van der Waals surface area (Å²) in [6.45, 7) is 14.9. The van der Waals surface area contributed by atoms with Gasteiger partial charge < -0.3 is 111 Å². The Morgan fingerprint density at radius 1 is 0.267 bits per heavy atom. The Hall–Kier alpha value is -0.670. The van der Waals surface area contributed by atoms with Crippen LogP contribution in [0.2, 0.25) is 0 Å². The van der Waals surface area contributed by atoms with E-state index in [4.69, 9.17) is 45.6 Å². The van der Waals surface area contributed by atoms with Gasteiger partial charge in [-0.1, -0.05) is 581 Å². The van der Waals surface area contributed by atoms with E-state index >= 15 is 4.79 Å². The van der Waals surface area contributed by atoms with E-state index in [1.807, 2.05) is 0 Å². The maximum absolute atomic E-state index is 16.7. The van der Waals surface area contributed by atoms with Crippen LogP contribution < -0.4 is 42.0 Å². The van der Waals surface area contributed by atoms with E-state index in [2.05, 4.69) is 41.5 Å². The summed E-state index contributed by atoms with van der Waals surface area (Å²) in [5, 5.41) is 99.1. The van der Waals surface area contributed by atoms with Crippen LogP contribution in [-0.4, -0.2) is 213 Å². The summed E-state index contributed by atoms with van der Waals surface area (Å²) in [6.07, 6.45) is 102. The summed E-state index contributed by atoms with van der Waals surface area (Å²) >= 11 is 0. The van der Waals surface area contributed by atoms with Crippen molar-refractivity contribution in [2.45, 2.75) is 749 Å². The van der Waals surface area contributed by atoms with Gasteiger partial charge in [-0.3, -0.25) is 9.22 Å². The highest BCUT2D eigenvalue weighted by molar-refractivity contribution is 5.71. The Kier molecular flexibility index (Phi) is 101. The van der Waals surface area contributed by atoms with Crippen molar-refractivity contribution in [3.63, 3.8) is 0 Å². The van der Waals surface area contributed by atoms with Crippen molar-refractivity contribution in [3.8, 4) is 0 Å². The summed E-state index contributed by atoms with van der Waals surface area (Å²) in [4.78, 5) is 16.7. The Morgan fingerprint density at radius 3 is 0.673 bits per heavy atom. The summed E-state index contributed by atoms with van der Waals surface area (Å²) in [5.41, 5.74) is 18.3. The van der Waals surface area contributed by atoms with Crippen molar-refractivity contribution < 1.29 is 108 Å². The first-order valence-corrected chi connectivity index (χ1v) is 66.2. The monoisotopic (exact) mass is 2170 g/mol. The van der Waals surface area contributed by atoms with Crippen LogP contribution in [0.3, 0.4) is 0 Å². The van der Waals surface area contributed by atoms with Crippen molar-refractivity contribution in [3.05, 3.63) is 0 Å². The zero-order valence-electron chi connectivity index (χ0n) is 99.8. The van der Waals surface area contributed by atoms with E-state index < -0.39 is 117 Å². The SMILES string of the molecule is CCCCCCCCCCCCCCCCCC[N+](CCCCCCCCCCCCCCCCCC)(CCCCCCCCCCCCCCCCCC)CC(=O)O[C@@]1(O)[C@H](O)[C@@H](N)[C@@H](OC2[C@@H](CO)O[C@@H](OC3[C@@H](CO)O[C@@H](O)[C@H](N)[C@H]3O)[C@H](N)[C@H]2O)O[C@@]1(CO)[N+](CCCCCCCCCCCCCCCCCC)(CCCCCCCCCCCCCCCCCC)CCCCCCCCCCCCCCCCCC.[Cl-].[Cl-]. The number of unbranched alkanes of at least 4 members (excludes halogenated alkanes) is 90. The van der Waals surface area contributed by atoms with Gasteiger partial charge in [-0.15, -0.1) is 0 Å².